The molecule has 3 amide bonds. The molecule has 4 aromatic rings. The number of likely N-dealkylation sites (tertiary alicyclic amines) is 2. The molecule has 0 saturated carbocycles. The largest absolute Gasteiger partial charge is 0.444 e. The lowest BCUT2D eigenvalue weighted by molar-refractivity contribution is -0.181. The van der Waals surface area contributed by atoms with E-state index in [1.807, 2.05) is 20.8 Å². The molecule has 12 heteroatoms. The molecule has 12 nitrogen and oxygen atoms in total. The van der Waals surface area contributed by atoms with E-state index in [-0.39, 0.29) is 29.7 Å². The minimum absolute atomic E-state index is 0.181. The third-order valence-electron chi connectivity index (χ3n) is 7.38. The van der Waals surface area contributed by atoms with Gasteiger partial charge in [-0.25, -0.2) is 19.7 Å². The summed E-state index contributed by atoms with van der Waals surface area (Å²) in [5.41, 5.74) is 7.91. The molecule has 0 radical (unpaired) electrons. The van der Waals surface area contributed by atoms with E-state index in [0.29, 0.717) is 40.5 Å². The van der Waals surface area contributed by atoms with Crippen molar-refractivity contribution < 1.29 is 19.1 Å². The minimum Gasteiger partial charge on any atom is -0.444 e. The fourth-order valence-corrected chi connectivity index (χ4v) is 5.51. The van der Waals surface area contributed by atoms with E-state index in [1.165, 1.54) is 6.08 Å². The van der Waals surface area contributed by atoms with Crippen LogP contribution in [-0.2, 0) is 9.53 Å². The van der Waals surface area contributed by atoms with Gasteiger partial charge in [0.25, 0.3) is 5.91 Å². The number of carbonyl (C=O) groups is 3. The molecule has 3 aromatic heterocycles. The lowest BCUT2D eigenvalue weighted by atomic mass is 9.77. The van der Waals surface area contributed by atoms with Gasteiger partial charge in [-0.15, -0.1) is 0 Å². The maximum atomic E-state index is 13.0. The number of rotatable bonds is 5. The number of nitrogens with zero attached hydrogens (tertiary/aromatic N) is 6. The first kappa shape index (κ1) is 26.9. The number of amides is 3. The van der Waals surface area contributed by atoms with E-state index >= 15 is 0 Å². The molecule has 2 fully saturated rings. The zero-order chi connectivity index (χ0) is 29.8. The van der Waals surface area contributed by atoms with Gasteiger partial charge in [0.05, 0.1) is 12.1 Å². The number of nitrogens with one attached hydrogen (secondary N) is 1. The Morgan fingerprint density at radius 2 is 1.86 bits per heavy atom. The summed E-state index contributed by atoms with van der Waals surface area (Å²) in [6, 6.07) is 11.1. The number of nitrogen functional groups attached to an aromatic ring is 1. The van der Waals surface area contributed by atoms with Crippen LogP contribution >= 0.6 is 0 Å². The summed E-state index contributed by atoms with van der Waals surface area (Å²) in [6.45, 7) is 9.46. The molecule has 0 spiro atoms. The first-order valence-electron chi connectivity index (χ1n) is 13.5. The van der Waals surface area contributed by atoms with Crippen LogP contribution in [0.2, 0.25) is 0 Å². The van der Waals surface area contributed by atoms with Gasteiger partial charge in [0.2, 0.25) is 5.91 Å². The van der Waals surface area contributed by atoms with E-state index in [4.69, 9.17) is 15.5 Å². The van der Waals surface area contributed by atoms with Gasteiger partial charge in [-0.2, -0.15) is 0 Å². The summed E-state index contributed by atoms with van der Waals surface area (Å²) in [7, 11) is 0. The van der Waals surface area contributed by atoms with Crippen LogP contribution in [-0.4, -0.2) is 71.3 Å². The second kappa shape index (κ2) is 9.98. The van der Waals surface area contributed by atoms with Crippen LogP contribution in [0.25, 0.3) is 16.8 Å². The standard InChI is InChI=1S/C30H30N8O4/c1-5-21(39)38-19-16-37(29(41)42-30(2,3)4)23(19)25(38)27-35-22(24-26(31)33-14-15-36(24)27)17-9-11-18(12-10-17)28(40)34-20-8-6-7-13-32-20/h5-15,19,23,25H,1,16H2,2-4H3,(H2,31,33)(H,32,34,40)/t19?,23-,25?/m0/s1. The summed E-state index contributed by atoms with van der Waals surface area (Å²) in [4.78, 5) is 55.4. The Labute approximate surface area is 241 Å². The van der Waals surface area contributed by atoms with Crippen molar-refractivity contribution >= 4 is 35.1 Å². The van der Waals surface area contributed by atoms with Crippen molar-refractivity contribution in [3.05, 3.63) is 85.1 Å². The maximum Gasteiger partial charge on any atom is 0.410 e. The van der Waals surface area contributed by atoms with Crippen LogP contribution in [0, 0.1) is 0 Å². The van der Waals surface area contributed by atoms with E-state index in [1.54, 1.807) is 75.3 Å². The average molecular weight is 567 g/mol. The van der Waals surface area contributed by atoms with Crippen molar-refractivity contribution in [2.75, 3.05) is 17.6 Å². The fourth-order valence-electron chi connectivity index (χ4n) is 5.51. The second-order valence-corrected chi connectivity index (χ2v) is 11.2. The van der Waals surface area contributed by atoms with Gasteiger partial charge >= 0.3 is 6.09 Å². The normalized spacial score (nSPS) is 19.4. The van der Waals surface area contributed by atoms with Gasteiger partial charge in [0.15, 0.2) is 0 Å². The SMILES string of the molecule is C=CC(=O)N1C2CN(C(=O)OC(C)(C)C)[C@@H]2C1c1nc(-c2ccc(C(=O)Nc3ccccn3)cc2)c2c(N)nccn12. The summed E-state index contributed by atoms with van der Waals surface area (Å²) >= 11 is 0. The summed E-state index contributed by atoms with van der Waals surface area (Å²) in [6.07, 6.45) is 5.71. The summed E-state index contributed by atoms with van der Waals surface area (Å²) in [5, 5.41) is 2.77. The smallest absolute Gasteiger partial charge is 0.410 e. The number of hydrogen-bond donors (Lipinski definition) is 2. The van der Waals surface area contributed by atoms with E-state index in [9.17, 15) is 14.4 Å². The lowest BCUT2D eigenvalue weighted by Crippen LogP contribution is -2.81. The fraction of sp³-hybridized carbons (Fsp3) is 0.267. The lowest BCUT2D eigenvalue weighted by Gasteiger charge is -2.65. The van der Waals surface area contributed by atoms with Crippen LogP contribution < -0.4 is 11.1 Å². The van der Waals surface area contributed by atoms with Gasteiger partial charge in [-0.05, 0) is 51.1 Å². The maximum absolute atomic E-state index is 13.0. The van der Waals surface area contributed by atoms with Crippen molar-refractivity contribution in [3.63, 3.8) is 0 Å². The number of pyridine rings is 1. The van der Waals surface area contributed by atoms with Gasteiger partial charge in [0, 0.05) is 36.3 Å². The molecule has 2 aliphatic rings. The van der Waals surface area contributed by atoms with E-state index < -0.39 is 17.7 Å². The molecule has 5 heterocycles. The van der Waals surface area contributed by atoms with E-state index in [0.717, 1.165) is 0 Å². The highest BCUT2D eigenvalue weighted by Gasteiger charge is 2.64. The van der Waals surface area contributed by atoms with Crippen molar-refractivity contribution in [2.45, 2.75) is 44.5 Å². The van der Waals surface area contributed by atoms with Crippen LogP contribution in [0.3, 0.4) is 0 Å². The molecule has 0 bridgehead atoms. The van der Waals surface area contributed by atoms with Gasteiger partial charge in [-0.3, -0.25) is 18.9 Å². The molecule has 42 heavy (non-hydrogen) atoms. The Hall–Kier alpha value is -5.26. The van der Waals surface area contributed by atoms with Crippen molar-refractivity contribution in [2.24, 2.45) is 0 Å². The molecule has 3 atom stereocenters. The van der Waals surface area contributed by atoms with Crippen LogP contribution in [0.4, 0.5) is 16.4 Å². The molecule has 214 valence electrons. The highest BCUT2D eigenvalue weighted by molar-refractivity contribution is 6.04. The molecule has 0 aliphatic carbocycles. The van der Waals surface area contributed by atoms with E-state index in [2.05, 4.69) is 21.9 Å². The monoisotopic (exact) mass is 566 g/mol. The number of imidazole rings is 1. The minimum atomic E-state index is -0.661. The number of ether oxygens (including phenoxy) is 1. The van der Waals surface area contributed by atoms with Gasteiger partial charge in [-0.1, -0.05) is 24.8 Å². The van der Waals surface area contributed by atoms with Crippen LogP contribution in [0.1, 0.15) is 43.0 Å². The highest BCUT2D eigenvalue weighted by atomic mass is 16.6. The highest BCUT2D eigenvalue weighted by Crippen LogP contribution is 2.49. The third kappa shape index (κ3) is 4.50. The molecule has 3 N–H and O–H groups in total. The average Bonchev–Trinajstić information content (AvgIpc) is 3.33. The number of piperazine rings is 1. The quantitative estimate of drug-likeness (QED) is 0.348. The molecule has 1 aromatic carbocycles. The number of nitrogens with two attached hydrogens (primary N) is 1. The molecule has 6 rings (SSSR count). The number of aromatic nitrogens is 4. The Balaban J connectivity index is 1.36. The van der Waals surface area contributed by atoms with Crippen LogP contribution in [0.5, 0.6) is 0 Å². The molecular formula is C30H30N8O4. The first-order chi connectivity index (χ1) is 20.1. The number of carbonyl (C=O) groups excluding carboxylic acids is 3. The predicted octanol–water partition coefficient (Wildman–Crippen LogP) is 3.68. The third-order valence-corrected chi connectivity index (χ3v) is 7.38. The van der Waals surface area contributed by atoms with Crippen LogP contribution in [0.15, 0.2) is 73.7 Å². The summed E-state index contributed by atoms with van der Waals surface area (Å²) in [5.74, 6) is 0.662. The van der Waals surface area contributed by atoms with Crippen molar-refractivity contribution in [1.82, 2.24) is 29.2 Å². The number of fused-ring (bicyclic) bond motifs is 2. The zero-order valence-electron chi connectivity index (χ0n) is 23.4. The second-order valence-electron chi connectivity index (χ2n) is 11.2. The molecule has 2 aliphatic heterocycles. The first-order valence-corrected chi connectivity index (χ1v) is 13.5. The Bertz CT molecular complexity index is 1710. The van der Waals surface area contributed by atoms with Gasteiger partial charge in [0.1, 0.15) is 40.3 Å². The number of anilines is 2. The number of benzene rings is 1. The number of hydrogen-bond acceptors (Lipinski definition) is 8. The molecule has 2 saturated heterocycles. The Morgan fingerprint density at radius 1 is 1.10 bits per heavy atom. The Morgan fingerprint density at radius 3 is 2.52 bits per heavy atom. The molecular weight excluding hydrogens is 536 g/mol. The summed E-state index contributed by atoms with van der Waals surface area (Å²) < 4.78 is 7.42. The van der Waals surface area contributed by atoms with Crippen molar-refractivity contribution in [3.8, 4) is 11.3 Å². The van der Waals surface area contributed by atoms with Gasteiger partial charge < -0.3 is 20.7 Å². The predicted molar refractivity (Wildman–Crippen MR) is 155 cm³/mol. The Kier molecular flexibility index (Phi) is 6.40. The topological polar surface area (TPSA) is 148 Å². The molecule has 2 unspecified atom stereocenters. The zero-order valence-corrected chi connectivity index (χ0v) is 23.4. The van der Waals surface area contributed by atoms with Crippen molar-refractivity contribution in [1.29, 1.82) is 0 Å².